The van der Waals surface area contributed by atoms with Gasteiger partial charge in [0.05, 0.1) is 0 Å². The minimum atomic E-state index is -0.480. The van der Waals surface area contributed by atoms with Crippen LogP contribution in [0.5, 0.6) is 0 Å². The molecule has 2 amide bonds. The van der Waals surface area contributed by atoms with Gasteiger partial charge in [-0.1, -0.05) is 40.9 Å². The maximum absolute atomic E-state index is 13.0. The Morgan fingerprint density at radius 3 is 2.31 bits per heavy atom. The lowest BCUT2D eigenvalue weighted by Gasteiger charge is -2.28. The second kappa shape index (κ2) is 7.68. The van der Waals surface area contributed by atoms with E-state index in [1.165, 1.54) is 0 Å². The number of halogens is 2. The standard InChI is InChI=1S/C20H20Cl2N2O2/c1-13-5-7-17(8-6-13)23(2)20(26)18-4-3-9-24(18)19(25)14-10-15(21)12-16(22)11-14/h5-8,10-12,18H,3-4,9H2,1-2H3. The number of carbonyl (C=O) groups is 2. The Kier molecular flexibility index (Phi) is 5.54. The van der Waals surface area contributed by atoms with Crippen LogP contribution in [0.25, 0.3) is 0 Å². The van der Waals surface area contributed by atoms with Gasteiger partial charge in [-0.15, -0.1) is 0 Å². The number of aryl methyl sites for hydroxylation is 1. The molecule has 0 aliphatic carbocycles. The molecule has 1 aliphatic rings. The average Bonchev–Trinajstić information content (AvgIpc) is 3.09. The molecule has 1 saturated heterocycles. The number of rotatable bonds is 3. The zero-order valence-electron chi connectivity index (χ0n) is 14.7. The van der Waals surface area contributed by atoms with Gasteiger partial charge >= 0.3 is 0 Å². The molecule has 136 valence electrons. The SMILES string of the molecule is Cc1ccc(N(C)C(=O)C2CCCN2C(=O)c2cc(Cl)cc(Cl)c2)cc1. The predicted molar refractivity (Wildman–Crippen MR) is 105 cm³/mol. The molecule has 6 heteroatoms. The van der Waals surface area contributed by atoms with Crippen LogP contribution in [0.4, 0.5) is 5.69 Å². The fourth-order valence-electron chi connectivity index (χ4n) is 3.23. The molecule has 0 spiro atoms. The van der Waals surface area contributed by atoms with Gasteiger partial charge in [0.15, 0.2) is 0 Å². The van der Waals surface area contributed by atoms with Crippen LogP contribution in [-0.4, -0.2) is 36.3 Å². The molecular weight excluding hydrogens is 371 g/mol. The van der Waals surface area contributed by atoms with E-state index < -0.39 is 6.04 Å². The Balaban J connectivity index is 1.81. The average molecular weight is 391 g/mol. The van der Waals surface area contributed by atoms with Crippen molar-refractivity contribution in [3.63, 3.8) is 0 Å². The number of anilines is 1. The van der Waals surface area contributed by atoms with Crippen molar-refractivity contribution in [2.24, 2.45) is 0 Å². The molecule has 0 N–H and O–H groups in total. The first-order valence-corrected chi connectivity index (χ1v) is 9.23. The van der Waals surface area contributed by atoms with Crippen molar-refractivity contribution in [2.75, 3.05) is 18.5 Å². The minimum absolute atomic E-state index is 0.0900. The summed E-state index contributed by atoms with van der Waals surface area (Å²) < 4.78 is 0. The topological polar surface area (TPSA) is 40.6 Å². The highest BCUT2D eigenvalue weighted by Crippen LogP contribution is 2.26. The lowest BCUT2D eigenvalue weighted by Crippen LogP contribution is -2.46. The molecule has 1 fully saturated rings. The molecule has 0 radical (unpaired) electrons. The zero-order chi connectivity index (χ0) is 18.8. The highest BCUT2D eigenvalue weighted by Gasteiger charge is 2.36. The normalized spacial score (nSPS) is 16.6. The number of amides is 2. The smallest absolute Gasteiger partial charge is 0.254 e. The molecule has 1 aliphatic heterocycles. The maximum Gasteiger partial charge on any atom is 0.254 e. The lowest BCUT2D eigenvalue weighted by atomic mass is 10.1. The summed E-state index contributed by atoms with van der Waals surface area (Å²) >= 11 is 12.0. The van der Waals surface area contributed by atoms with E-state index in [2.05, 4.69) is 0 Å². The van der Waals surface area contributed by atoms with E-state index in [9.17, 15) is 9.59 Å². The van der Waals surface area contributed by atoms with E-state index in [-0.39, 0.29) is 11.8 Å². The van der Waals surface area contributed by atoms with E-state index in [0.29, 0.717) is 28.6 Å². The van der Waals surface area contributed by atoms with E-state index in [0.717, 1.165) is 17.7 Å². The van der Waals surface area contributed by atoms with Gasteiger partial charge < -0.3 is 9.80 Å². The van der Waals surface area contributed by atoms with Crippen LogP contribution >= 0.6 is 23.2 Å². The van der Waals surface area contributed by atoms with Crippen LogP contribution in [0.1, 0.15) is 28.8 Å². The third-order valence-corrected chi connectivity index (χ3v) is 5.10. The third kappa shape index (κ3) is 3.87. The third-order valence-electron chi connectivity index (χ3n) is 4.66. The van der Waals surface area contributed by atoms with Gasteiger partial charge in [0.1, 0.15) is 6.04 Å². The van der Waals surface area contributed by atoms with Crippen LogP contribution in [0.15, 0.2) is 42.5 Å². The summed E-state index contributed by atoms with van der Waals surface area (Å²) in [5.41, 5.74) is 2.34. The maximum atomic E-state index is 13.0. The Hall–Kier alpha value is -2.04. The quantitative estimate of drug-likeness (QED) is 0.769. The molecule has 26 heavy (non-hydrogen) atoms. The minimum Gasteiger partial charge on any atom is -0.327 e. The molecule has 1 atom stereocenters. The first-order chi connectivity index (χ1) is 12.4. The Morgan fingerprint density at radius 2 is 1.69 bits per heavy atom. The summed E-state index contributed by atoms with van der Waals surface area (Å²) in [6, 6.07) is 12.0. The van der Waals surface area contributed by atoms with Crippen molar-refractivity contribution in [2.45, 2.75) is 25.8 Å². The molecule has 4 nitrogen and oxygen atoms in total. The van der Waals surface area contributed by atoms with Crippen molar-refractivity contribution in [3.05, 3.63) is 63.6 Å². The highest BCUT2D eigenvalue weighted by atomic mass is 35.5. The fourth-order valence-corrected chi connectivity index (χ4v) is 3.75. The summed E-state index contributed by atoms with van der Waals surface area (Å²) in [5.74, 6) is -0.310. The molecule has 0 aromatic heterocycles. The van der Waals surface area contributed by atoms with Gasteiger partial charge in [-0.05, 0) is 50.1 Å². The number of hydrogen-bond acceptors (Lipinski definition) is 2. The second-order valence-electron chi connectivity index (χ2n) is 6.55. The summed E-state index contributed by atoms with van der Waals surface area (Å²) in [7, 11) is 1.74. The Labute approximate surface area is 163 Å². The summed E-state index contributed by atoms with van der Waals surface area (Å²) in [5, 5.41) is 0.805. The zero-order valence-corrected chi connectivity index (χ0v) is 16.2. The lowest BCUT2D eigenvalue weighted by molar-refractivity contribution is -0.121. The fraction of sp³-hybridized carbons (Fsp3) is 0.300. The number of carbonyl (C=O) groups excluding carboxylic acids is 2. The van der Waals surface area contributed by atoms with Gasteiger partial charge in [0.2, 0.25) is 5.91 Å². The second-order valence-corrected chi connectivity index (χ2v) is 7.42. The number of hydrogen-bond donors (Lipinski definition) is 0. The van der Waals surface area contributed by atoms with Gasteiger partial charge in [-0.25, -0.2) is 0 Å². The van der Waals surface area contributed by atoms with Gasteiger partial charge in [-0.3, -0.25) is 9.59 Å². The van der Waals surface area contributed by atoms with Crippen LogP contribution in [-0.2, 0) is 4.79 Å². The molecular formula is C20H20Cl2N2O2. The van der Waals surface area contributed by atoms with E-state index >= 15 is 0 Å². The van der Waals surface area contributed by atoms with Gasteiger partial charge in [0.25, 0.3) is 5.91 Å². The van der Waals surface area contributed by atoms with Crippen molar-refractivity contribution < 1.29 is 9.59 Å². The van der Waals surface area contributed by atoms with Crippen molar-refractivity contribution in [1.29, 1.82) is 0 Å². The number of nitrogens with zero attached hydrogens (tertiary/aromatic N) is 2. The van der Waals surface area contributed by atoms with Gasteiger partial charge in [-0.2, -0.15) is 0 Å². The monoisotopic (exact) mass is 390 g/mol. The highest BCUT2D eigenvalue weighted by molar-refractivity contribution is 6.35. The van der Waals surface area contributed by atoms with Crippen LogP contribution in [0, 0.1) is 6.92 Å². The Bertz CT molecular complexity index is 816. The summed E-state index contributed by atoms with van der Waals surface area (Å²) in [6.07, 6.45) is 1.44. The van der Waals surface area contributed by atoms with Crippen molar-refractivity contribution in [3.8, 4) is 0 Å². The van der Waals surface area contributed by atoms with Crippen molar-refractivity contribution >= 4 is 40.7 Å². The number of likely N-dealkylation sites (tertiary alicyclic amines) is 1. The summed E-state index contributed by atoms with van der Waals surface area (Å²) in [4.78, 5) is 29.1. The largest absolute Gasteiger partial charge is 0.327 e. The molecule has 2 aromatic carbocycles. The molecule has 0 saturated carbocycles. The van der Waals surface area contributed by atoms with Gasteiger partial charge in [0, 0.05) is 34.9 Å². The molecule has 2 aromatic rings. The van der Waals surface area contributed by atoms with Crippen LogP contribution in [0.2, 0.25) is 10.0 Å². The number of likely N-dealkylation sites (N-methyl/N-ethyl adjacent to an activating group) is 1. The summed E-state index contributed by atoms with van der Waals surface area (Å²) in [6.45, 7) is 2.54. The van der Waals surface area contributed by atoms with E-state index in [1.807, 2.05) is 31.2 Å². The molecule has 3 rings (SSSR count). The predicted octanol–water partition coefficient (Wildman–Crippen LogP) is 4.57. The molecule has 0 bridgehead atoms. The first kappa shape index (κ1) is 18.7. The first-order valence-electron chi connectivity index (χ1n) is 8.48. The van der Waals surface area contributed by atoms with Crippen LogP contribution in [0.3, 0.4) is 0 Å². The van der Waals surface area contributed by atoms with Crippen molar-refractivity contribution in [1.82, 2.24) is 4.90 Å². The van der Waals surface area contributed by atoms with E-state index in [1.54, 1.807) is 35.0 Å². The van der Waals surface area contributed by atoms with E-state index in [4.69, 9.17) is 23.2 Å². The molecule has 1 heterocycles. The van der Waals surface area contributed by atoms with Crippen LogP contribution < -0.4 is 4.90 Å². The Morgan fingerprint density at radius 1 is 1.08 bits per heavy atom. The number of benzene rings is 2. The molecule has 1 unspecified atom stereocenters.